The van der Waals surface area contributed by atoms with Crippen LogP contribution in [0.25, 0.3) is 0 Å². The molecule has 1 aromatic rings. The van der Waals surface area contributed by atoms with Gasteiger partial charge in [-0.1, -0.05) is 31.4 Å². The van der Waals surface area contributed by atoms with E-state index < -0.39 is 0 Å². The van der Waals surface area contributed by atoms with Crippen molar-refractivity contribution in [2.24, 2.45) is 5.92 Å². The summed E-state index contributed by atoms with van der Waals surface area (Å²) < 4.78 is 10.9. The number of para-hydroxylation sites is 2. The van der Waals surface area contributed by atoms with Crippen LogP contribution in [0.4, 0.5) is 0 Å². The lowest BCUT2D eigenvalue weighted by atomic mass is 9.88. The van der Waals surface area contributed by atoms with Gasteiger partial charge in [-0.05, 0) is 37.8 Å². The number of rotatable bonds is 7. The molecule has 1 aliphatic carbocycles. The zero-order chi connectivity index (χ0) is 19.1. The van der Waals surface area contributed by atoms with Gasteiger partial charge in [0.05, 0.1) is 13.7 Å². The van der Waals surface area contributed by atoms with Gasteiger partial charge in [-0.15, -0.1) is 0 Å². The van der Waals surface area contributed by atoms with Gasteiger partial charge in [0.1, 0.15) is 12.6 Å². The first-order valence-corrected chi connectivity index (χ1v) is 10.0. The van der Waals surface area contributed by atoms with E-state index in [1.807, 2.05) is 29.2 Å². The minimum Gasteiger partial charge on any atom is -0.493 e. The van der Waals surface area contributed by atoms with E-state index in [1.165, 1.54) is 6.42 Å². The zero-order valence-electron chi connectivity index (χ0n) is 16.1. The highest BCUT2D eigenvalue weighted by Crippen LogP contribution is 2.29. The van der Waals surface area contributed by atoms with Gasteiger partial charge >= 0.3 is 0 Å². The SMILES string of the molecule is COc1ccccc1OCCNC(=O)C1CCCN1C(=O)C1CCCCC1. The summed E-state index contributed by atoms with van der Waals surface area (Å²) in [6.45, 7) is 1.46. The Morgan fingerprint density at radius 1 is 1.07 bits per heavy atom. The van der Waals surface area contributed by atoms with Crippen LogP contribution in [0.2, 0.25) is 0 Å². The van der Waals surface area contributed by atoms with Crippen LogP contribution < -0.4 is 14.8 Å². The Morgan fingerprint density at radius 2 is 1.81 bits per heavy atom. The highest BCUT2D eigenvalue weighted by molar-refractivity contribution is 5.89. The smallest absolute Gasteiger partial charge is 0.242 e. The lowest BCUT2D eigenvalue weighted by molar-refractivity contribution is -0.142. The summed E-state index contributed by atoms with van der Waals surface area (Å²) in [7, 11) is 1.60. The maximum Gasteiger partial charge on any atom is 0.242 e. The quantitative estimate of drug-likeness (QED) is 0.745. The van der Waals surface area contributed by atoms with Crippen molar-refractivity contribution < 1.29 is 19.1 Å². The van der Waals surface area contributed by atoms with E-state index in [0.29, 0.717) is 31.2 Å². The Bertz CT molecular complexity index is 643. The molecule has 0 spiro atoms. The Balaban J connectivity index is 1.46. The summed E-state index contributed by atoms with van der Waals surface area (Å²) in [6, 6.07) is 7.10. The van der Waals surface area contributed by atoms with Crippen molar-refractivity contribution in [3.8, 4) is 11.5 Å². The Kier molecular flexibility index (Phi) is 6.96. The number of amides is 2. The highest BCUT2D eigenvalue weighted by Gasteiger charge is 2.37. The molecule has 1 atom stereocenters. The van der Waals surface area contributed by atoms with E-state index in [0.717, 1.165) is 38.5 Å². The topological polar surface area (TPSA) is 67.9 Å². The summed E-state index contributed by atoms with van der Waals surface area (Å²) in [6.07, 6.45) is 7.06. The van der Waals surface area contributed by atoms with E-state index in [9.17, 15) is 9.59 Å². The number of hydrogen-bond acceptors (Lipinski definition) is 4. The summed E-state index contributed by atoms with van der Waals surface area (Å²) in [4.78, 5) is 27.2. The van der Waals surface area contributed by atoms with Gasteiger partial charge in [-0.25, -0.2) is 0 Å². The molecule has 6 heteroatoms. The molecule has 148 valence electrons. The maximum atomic E-state index is 12.8. The van der Waals surface area contributed by atoms with Crippen LogP contribution in [0, 0.1) is 5.92 Å². The molecular weight excluding hydrogens is 344 g/mol. The number of likely N-dealkylation sites (tertiary alicyclic amines) is 1. The molecule has 6 nitrogen and oxygen atoms in total. The van der Waals surface area contributed by atoms with Crippen LogP contribution in [-0.4, -0.2) is 49.6 Å². The van der Waals surface area contributed by atoms with Crippen LogP contribution >= 0.6 is 0 Å². The zero-order valence-corrected chi connectivity index (χ0v) is 16.1. The van der Waals surface area contributed by atoms with Gasteiger partial charge in [0.2, 0.25) is 11.8 Å². The Morgan fingerprint density at radius 3 is 2.56 bits per heavy atom. The molecule has 1 aromatic carbocycles. The van der Waals surface area contributed by atoms with Crippen molar-refractivity contribution in [1.29, 1.82) is 0 Å². The molecule has 1 saturated heterocycles. The van der Waals surface area contributed by atoms with Crippen molar-refractivity contribution in [3.05, 3.63) is 24.3 Å². The number of nitrogens with one attached hydrogen (secondary N) is 1. The molecular formula is C21H30N2O4. The third-order valence-corrected chi connectivity index (χ3v) is 5.52. The van der Waals surface area contributed by atoms with Crippen LogP contribution in [0.3, 0.4) is 0 Å². The molecule has 3 rings (SSSR count). The molecule has 27 heavy (non-hydrogen) atoms. The second-order valence-electron chi connectivity index (χ2n) is 7.31. The molecule has 0 aromatic heterocycles. The number of carbonyl (C=O) groups excluding carboxylic acids is 2. The predicted octanol–water partition coefficient (Wildman–Crippen LogP) is 2.76. The first-order valence-electron chi connectivity index (χ1n) is 10.0. The lowest BCUT2D eigenvalue weighted by Crippen LogP contribution is -2.48. The van der Waals surface area contributed by atoms with Crippen molar-refractivity contribution in [1.82, 2.24) is 10.2 Å². The van der Waals surface area contributed by atoms with Gasteiger partial charge in [-0.3, -0.25) is 9.59 Å². The van der Waals surface area contributed by atoms with Crippen molar-refractivity contribution in [2.45, 2.75) is 51.0 Å². The minimum atomic E-state index is -0.328. The third-order valence-electron chi connectivity index (χ3n) is 5.52. The molecule has 1 aliphatic heterocycles. The van der Waals surface area contributed by atoms with E-state index in [2.05, 4.69) is 5.32 Å². The number of hydrogen-bond donors (Lipinski definition) is 1. The lowest BCUT2D eigenvalue weighted by Gasteiger charge is -2.30. The molecule has 1 unspecified atom stereocenters. The summed E-state index contributed by atoms with van der Waals surface area (Å²) in [5.74, 6) is 1.55. The molecule has 0 radical (unpaired) electrons. The second kappa shape index (κ2) is 9.62. The number of nitrogens with zero attached hydrogens (tertiary/aromatic N) is 1. The molecule has 1 N–H and O–H groups in total. The molecule has 1 heterocycles. The fraction of sp³-hybridized carbons (Fsp3) is 0.619. The first-order chi connectivity index (χ1) is 13.2. The van der Waals surface area contributed by atoms with Crippen molar-refractivity contribution >= 4 is 11.8 Å². The van der Waals surface area contributed by atoms with Gasteiger partial charge < -0.3 is 19.7 Å². The number of benzene rings is 1. The fourth-order valence-corrected chi connectivity index (χ4v) is 4.08. The van der Waals surface area contributed by atoms with Crippen LogP contribution in [0.1, 0.15) is 44.9 Å². The van der Waals surface area contributed by atoms with Crippen LogP contribution in [0.5, 0.6) is 11.5 Å². The minimum absolute atomic E-state index is 0.0692. The standard InChI is InChI=1S/C21H30N2O4/c1-26-18-11-5-6-12-19(18)27-15-13-22-20(24)17-10-7-14-23(17)21(25)16-8-3-2-4-9-16/h5-6,11-12,16-17H,2-4,7-10,13-15H2,1H3,(H,22,24). The van der Waals surface area contributed by atoms with Gasteiger partial charge in [0.25, 0.3) is 0 Å². The molecule has 2 fully saturated rings. The van der Waals surface area contributed by atoms with E-state index >= 15 is 0 Å². The second-order valence-corrected chi connectivity index (χ2v) is 7.31. The number of ether oxygens (including phenoxy) is 2. The summed E-state index contributed by atoms with van der Waals surface area (Å²) >= 11 is 0. The van der Waals surface area contributed by atoms with E-state index in [-0.39, 0.29) is 23.8 Å². The third kappa shape index (κ3) is 4.93. The van der Waals surface area contributed by atoms with Gasteiger partial charge in [0, 0.05) is 12.5 Å². The molecule has 2 amide bonds. The largest absolute Gasteiger partial charge is 0.493 e. The van der Waals surface area contributed by atoms with Gasteiger partial charge in [0.15, 0.2) is 11.5 Å². The monoisotopic (exact) mass is 374 g/mol. The Hall–Kier alpha value is -2.24. The first kappa shape index (κ1) is 19.5. The van der Waals surface area contributed by atoms with Crippen LogP contribution in [-0.2, 0) is 9.59 Å². The fourth-order valence-electron chi connectivity index (χ4n) is 4.08. The van der Waals surface area contributed by atoms with Crippen LogP contribution in [0.15, 0.2) is 24.3 Å². The van der Waals surface area contributed by atoms with Crippen molar-refractivity contribution in [2.75, 3.05) is 26.8 Å². The molecule has 1 saturated carbocycles. The van der Waals surface area contributed by atoms with Gasteiger partial charge in [-0.2, -0.15) is 0 Å². The average molecular weight is 374 g/mol. The molecule has 0 bridgehead atoms. The van der Waals surface area contributed by atoms with Crippen molar-refractivity contribution in [3.63, 3.8) is 0 Å². The summed E-state index contributed by atoms with van der Waals surface area (Å²) in [5, 5.41) is 2.92. The van der Waals surface area contributed by atoms with E-state index in [4.69, 9.17) is 9.47 Å². The predicted molar refractivity (Wildman–Crippen MR) is 103 cm³/mol. The normalized spacial score (nSPS) is 20.3. The number of carbonyl (C=O) groups is 2. The van der Waals surface area contributed by atoms with E-state index in [1.54, 1.807) is 7.11 Å². The average Bonchev–Trinajstić information content (AvgIpc) is 3.21. The Labute approximate surface area is 161 Å². The summed E-state index contributed by atoms with van der Waals surface area (Å²) in [5.41, 5.74) is 0. The highest BCUT2D eigenvalue weighted by atomic mass is 16.5. The number of methoxy groups -OCH3 is 1. The maximum absolute atomic E-state index is 12.8. The molecule has 2 aliphatic rings.